The predicted octanol–water partition coefficient (Wildman–Crippen LogP) is 7.31. The number of methoxy groups -OCH3 is 1. The van der Waals surface area contributed by atoms with Gasteiger partial charge in [0.1, 0.15) is 0 Å². The summed E-state index contributed by atoms with van der Waals surface area (Å²) in [5, 5.41) is 0. The van der Waals surface area contributed by atoms with Gasteiger partial charge in [-0.1, -0.05) is 121 Å². The summed E-state index contributed by atoms with van der Waals surface area (Å²) < 4.78 is 50.6. The maximum absolute atomic E-state index is 15.1. The van der Waals surface area contributed by atoms with Gasteiger partial charge in [0.2, 0.25) is 0 Å². The van der Waals surface area contributed by atoms with Crippen LogP contribution in [0, 0.1) is 0 Å². The van der Waals surface area contributed by atoms with Gasteiger partial charge in [0, 0.05) is 30.2 Å². The van der Waals surface area contributed by atoms with Gasteiger partial charge in [-0.25, -0.2) is 0 Å². The van der Waals surface area contributed by atoms with Crippen molar-refractivity contribution in [1.29, 1.82) is 0 Å². The fourth-order valence-corrected chi connectivity index (χ4v) is 6.43. The van der Waals surface area contributed by atoms with Crippen molar-refractivity contribution >= 4 is 5.91 Å². The fraction of sp³-hybridized carbons (Fsp3) is 0.265. The van der Waals surface area contributed by atoms with E-state index in [9.17, 15) is 4.79 Å². The molecule has 1 amide bonds. The lowest BCUT2D eigenvalue weighted by Crippen LogP contribution is -2.60. The van der Waals surface area contributed by atoms with Crippen molar-refractivity contribution in [2.45, 2.75) is 42.5 Å². The largest absolute Gasteiger partial charge is 0.430 e. The quantitative estimate of drug-likeness (QED) is 0.245. The average Bonchev–Trinajstić information content (AvgIpc) is 3.28. The molecule has 0 saturated carbocycles. The van der Waals surface area contributed by atoms with Crippen LogP contribution in [-0.2, 0) is 27.0 Å². The lowest BCUT2D eigenvalue weighted by atomic mass is 9.70. The summed E-state index contributed by atoms with van der Waals surface area (Å²) in [4.78, 5) is 16.0. The van der Waals surface area contributed by atoms with E-state index in [0.717, 1.165) is 23.8 Å². The Labute approximate surface area is 233 Å². The minimum absolute atomic E-state index is 0.0667. The van der Waals surface area contributed by atoms with Crippen LogP contribution < -0.4 is 0 Å². The van der Waals surface area contributed by atoms with Gasteiger partial charge in [-0.05, 0) is 36.5 Å². The summed E-state index contributed by atoms with van der Waals surface area (Å²) in [5.74, 6) is -1.11. The van der Waals surface area contributed by atoms with Crippen molar-refractivity contribution in [1.82, 2.24) is 4.90 Å². The van der Waals surface area contributed by atoms with E-state index in [-0.39, 0.29) is 12.1 Å². The molecule has 1 heterocycles. The van der Waals surface area contributed by atoms with Crippen LogP contribution in [0.15, 0.2) is 121 Å². The highest BCUT2D eigenvalue weighted by molar-refractivity contribution is 5.89. The molecular weight excluding hydrogens is 511 g/mol. The van der Waals surface area contributed by atoms with Crippen LogP contribution in [-0.4, -0.2) is 36.2 Å². The number of ether oxygens (including phenoxy) is 1. The van der Waals surface area contributed by atoms with E-state index in [0.29, 0.717) is 12.8 Å². The Bertz CT molecular complexity index is 1390. The number of alkyl halides is 3. The molecular formula is C34H32F3NO2. The molecule has 4 aromatic rings. The van der Waals surface area contributed by atoms with Crippen LogP contribution in [0.5, 0.6) is 0 Å². The molecule has 2 atom stereocenters. The molecule has 4 aromatic carbocycles. The van der Waals surface area contributed by atoms with Crippen molar-refractivity contribution in [2.75, 3.05) is 13.7 Å². The first-order valence-corrected chi connectivity index (χ1v) is 13.3. The molecule has 6 heteroatoms. The van der Waals surface area contributed by atoms with Crippen molar-refractivity contribution < 1.29 is 22.7 Å². The van der Waals surface area contributed by atoms with Gasteiger partial charge >= 0.3 is 6.18 Å². The Morgan fingerprint density at radius 3 is 1.68 bits per heavy atom. The lowest BCUT2D eigenvalue weighted by Gasteiger charge is -2.42. The number of likely N-dealkylation sites (tertiary alicyclic amines) is 1. The number of nitrogens with zero attached hydrogens (tertiary/aromatic N) is 1. The van der Waals surface area contributed by atoms with Crippen LogP contribution in [0.25, 0.3) is 0 Å². The van der Waals surface area contributed by atoms with E-state index >= 15 is 13.2 Å². The highest BCUT2D eigenvalue weighted by Gasteiger charge is 2.67. The Balaban J connectivity index is 1.73. The second kappa shape index (κ2) is 10.6. The van der Waals surface area contributed by atoms with Crippen molar-refractivity contribution in [3.05, 3.63) is 144 Å². The summed E-state index contributed by atoms with van der Waals surface area (Å²) in [6.07, 6.45) is -4.19. The molecule has 0 spiro atoms. The number of halogens is 3. The zero-order chi connectivity index (χ0) is 28.4. The van der Waals surface area contributed by atoms with E-state index in [1.165, 1.54) is 29.2 Å². The lowest BCUT2D eigenvalue weighted by molar-refractivity contribution is -0.271. The SMILES string of the molecule is CO[C@@](C(=O)N1CC(c2ccccc2)(c2ccccc2)C[C@]1(C)Cc1ccccc1)(c1ccccc1)C(F)(F)F. The summed E-state index contributed by atoms with van der Waals surface area (Å²) in [7, 11) is 0.963. The van der Waals surface area contributed by atoms with E-state index in [1.807, 2.05) is 97.9 Å². The van der Waals surface area contributed by atoms with E-state index in [1.54, 1.807) is 6.07 Å². The van der Waals surface area contributed by atoms with Gasteiger partial charge in [0.05, 0.1) is 0 Å². The molecule has 40 heavy (non-hydrogen) atoms. The Kier molecular flexibility index (Phi) is 7.32. The minimum atomic E-state index is -5.00. The zero-order valence-electron chi connectivity index (χ0n) is 22.6. The first kappa shape index (κ1) is 27.7. The number of rotatable bonds is 7. The summed E-state index contributed by atoms with van der Waals surface area (Å²) >= 11 is 0. The normalized spacial score (nSPS) is 20.2. The van der Waals surface area contributed by atoms with Gasteiger partial charge < -0.3 is 9.64 Å². The number of hydrogen-bond donors (Lipinski definition) is 0. The number of hydrogen-bond acceptors (Lipinski definition) is 2. The molecule has 5 rings (SSSR count). The van der Waals surface area contributed by atoms with Crippen molar-refractivity contribution in [2.24, 2.45) is 0 Å². The Morgan fingerprint density at radius 1 is 0.775 bits per heavy atom. The van der Waals surface area contributed by atoms with Crippen molar-refractivity contribution in [3.63, 3.8) is 0 Å². The third-order valence-electron chi connectivity index (χ3n) is 8.27. The maximum Gasteiger partial charge on any atom is 0.430 e. The van der Waals surface area contributed by atoms with Gasteiger partial charge in [-0.2, -0.15) is 13.2 Å². The van der Waals surface area contributed by atoms with Crippen LogP contribution in [0.2, 0.25) is 0 Å². The minimum Gasteiger partial charge on any atom is -0.356 e. The van der Waals surface area contributed by atoms with Gasteiger partial charge in [-0.15, -0.1) is 0 Å². The van der Waals surface area contributed by atoms with Crippen LogP contribution in [0.3, 0.4) is 0 Å². The predicted molar refractivity (Wildman–Crippen MR) is 150 cm³/mol. The third kappa shape index (κ3) is 4.60. The third-order valence-corrected chi connectivity index (χ3v) is 8.27. The number of carbonyl (C=O) groups excluding carboxylic acids is 1. The molecule has 1 aliphatic heterocycles. The second-order valence-electron chi connectivity index (χ2n) is 10.8. The van der Waals surface area contributed by atoms with E-state index < -0.39 is 28.6 Å². The van der Waals surface area contributed by atoms with E-state index in [2.05, 4.69) is 0 Å². The number of amides is 1. The molecule has 1 saturated heterocycles. The maximum atomic E-state index is 15.1. The van der Waals surface area contributed by atoms with E-state index in [4.69, 9.17) is 4.74 Å². The molecule has 1 aliphatic rings. The standard InChI is InChI=1S/C34H32F3NO2/c1-31(23-26-15-7-3-8-16-26)24-32(27-17-9-4-10-18-27,28-19-11-5-12-20-28)25-38(31)30(39)33(40-2,34(35,36)37)29-21-13-6-14-22-29/h3-22H,23-25H2,1-2H3/t31-,33+/m0/s1. The summed E-state index contributed by atoms with van der Waals surface area (Å²) in [6, 6.07) is 36.3. The first-order valence-electron chi connectivity index (χ1n) is 13.3. The molecule has 1 fully saturated rings. The summed E-state index contributed by atoms with van der Waals surface area (Å²) in [6.45, 7) is 1.96. The van der Waals surface area contributed by atoms with Crippen LogP contribution in [0.4, 0.5) is 13.2 Å². The highest BCUT2D eigenvalue weighted by atomic mass is 19.4. The molecule has 206 valence electrons. The van der Waals surface area contributed by atoms with Crippen LogP contribution in [0.1, 0.15) is 35.6 Å². The smallest absolute Gasteiger partial charge is 0.356 e. The number of benzene rings is 4. The molecule has 0 bridgehead atoms. The van der Waals surface area contributed by atoms with Crippen LogP contribution >= 0.6 is 0 Å². The van der Waals surface area contributed by atoms with Gasteiger partial charge in [0.25, 0.3) is 11.5 Å². The molecule has 0 aromatic heterocycles. The number of carbonyl (C=O) groups is 1. The van der Waals surface area contributed by atoms with Gasteiger partial charge in [-0.3, -0.25) is 4.79 Å². The Hall–Kier alpha value is -3.90. The Morgan fingerprint density at radius 2 is 1.23 bits per heavy atom. The molecule has 0 aliphatic carbocycles. The molecule has 0 N–H and O–H groups in total. The highest BCUT2D eigenvalue weighted by Crippen LogP contribution is 2.53. The van der Waals surface area contributed by atoms with Crippen molar-refractivity contribution in [3.8, 4) is 0 Å². The van der Waals surface area contributed by atoms with Gasteiger partial charge in [0.15, 0.2) is 0 Å². The summed E-state index contributed by atoms with van der Waals surface area (Å²) in [5.41, 5.74) is -2.26. The second-order valence-corrected chi connectivity index (χ2v) is 10.8. The monoisotopic (exact) mass is 543 g/mol. The zero-order valence-corrected chi connectivity index (χ0v) is 22.6. The molecule has 3 nitrogen and oxygen atoms in total. The topological polar surface area (TPSA) is 29.5 Å². The first-order chi connectivity index (χ1) is 19.2. The molecule has 0 radical (unpaired) electrons. The average molecular weight is 544 g/mol. The fourth-order valence-electron chi connectivity index (χ4n) is 6.43. The molecule has 0 unspecified atom stereocenters.